The Labute approximate surface area is 169 Å². The second kappa shape index (κ2) is 13.9. The fraction of sp³-hybridized carbons (Fsp3) is 0.545. The Balaban J connectivity index is 1.82. The molecule has 2 heterocycles. The summed E-state index contributed by atoms with van der Waals surface area (Å²) in [4.78, 5) is 8.99. The average molecular weight is 385 g/mol. The SMILES string of the molecule is NCCCCCCNc1ccnc(-c2cc(NCCCCCCN)ccn2)c1. The molecular weight excluding hydrogens is 348 g/mol. The molecule has 0 aliphatic heterocycles. The van der Waals surface area contributed by atoms with Crippen LogP contribution in [0.3, 0.4) is 0 Å². The van der Waals surface area contributed by atoms with Crippen molar-refractivity contribution in [2.75, 3.05) is 36.8 Å². The molecule has 0 amide bonds. The Morgan fingerprint density at radius 2 is 1.04 bits per heavy atom. The third-order valence-corrected chi connectivity index (χ3v) is 4.70. The molecule has 28 heavy (non-hydrogen) atoms. The van der Waals surface area contributed by atoms with Gasteiger partial charge in [-0.25, -0.2) is 0 Å². The molecule has 0 aliphatic carbocycles. The van der Waals surface area contributed by atoms with Crippen LogP contribution in [0.1, 0.15) is 51.4 Å². The number of nitrogens with one attached hydrogen (secondary N) is 2. The Hall–Kier alpha value is -2.18. The summed E-state index contributed by atoms with van der Waals surface area (Å²) in [6.45, 7) is 3.51. The van der Waals surface area contributed by atoms with Gasteiger partial charge in [0.25, 0.3) is 0 Å². The van der Waals surface area contributed by atoms with E-state index in [1.54, 1.807) is 0 Å². The van der Waals surface area contributed by atoms with Gasteiger partial charge in [-0.15, -0.1) is 0 Å². The topological polar surface area (TPSA) is 102 Å². The number of hydrogen-bond donors (Lipinski definition) is 4. The van der Waals surface area contributed by atoms with Gasteiger partial charge in [0.05, 0.1) is 11.4 Å². The minimum Gasteiger partial charge on any atom is -0.385 e. The summed E-state index contributed by atoms with van der Waals surface area (Å²) >= 11 is 0. The van der Waals surface area contributed by atoms with Crippen molar-refractivity contribution in [2.24, 2.45) is 11.5 Å². The van der Waals surface area contributed by atoms with E-state index >= 15 is 0 Å². The summed E-state index contributed by atoms with van der Waals surface area (Å²) in [5, 5.41) is 6.96. The van der Waals surface area contributed by atoms with Gasteiger partial charge in [-0.1, -0.05) is 25.7 Å². The van der Waals surface area contributed by atoms with Crippen molar-refractivity contribution in [1.29, 1.82) is 0 Å². The highest BCUT2D eigenvalue weighted by Gasteiger charge is 2.04. The number of aromatic nitrogens is 2. The van der Waals surface area contributed by atoms with Crippen molar-refractivity contribution in [3.63, 3.8) is 0 Å². The maximum Gasteiger partial charge on any atom is 0.0907 e. The largest absolute Gasteiger partial charge is 0.385 e. The van der Waals surface area contributed by atoms with Crippen LogP contribution in [0.2, 0.25) is 0 Å². The molecule has 2 rings (SSSR count). The molecule has 154 valence electrons. The molecule has 0 fully saturated rings. The molecule has 6 N–H and O–H groups in total. The van der Waals surface area contributed by atoms with Gasteiger partial charge in [-0.3, -0.25) is 9.97 Å². The highest BCUT2D eigenvalue weighted by molar-refractivity contribution is 5.64. The highest BCUT2D eigenvalue weighted by atomic mass is 14.9. The molecule has 0 unspecified atom stereocenters. The predicted octanol–water partition coefficient (Wildman–Crippen LogP) is 4.01. The molecule has 0 spiro atoms. The first kappa shape index (κ1) is 22.1. The molecule has 0 saturated heterocycles. The van der Waals surface area contributed by atoms with E-state index in [1.165, 1.54) is 25.7 Å². The summed E-state index contributed by atoms with van der Waals surface area (Å²) in [6, 6.07) is 8.15. The van der Waals surface area contributed by atoms with E-state index in [4.69, 9.17) is 11.5 Å². The van der Waals surface area contributed by atoms with Crippen LogP contribution in [0, 0.1) is 0 Å². The number of anilines is 2. The van der Waals surface area contributed by atoms with Crippen LogP contribution >= 0.6 is 0 Å². The van der Waals surface area contributed by atoms with Crippen LogP contribution in [0.25, 0.3) is 11.4 Å². The first-order valence-corrected chi connectivity index (χ1v) is 10.6. The first-order chi connectivity index (χ1) is 13.8. The lowest BCUT2D eigenvalue weighted by atomic mass is 10.2. The maximum absolute atomic E-state index is 5.53. The number of rotatable bonds is 15. The Bertz CT molecular complexity index is 603. The van der Waals surface area contributed by atoms with Gasteiger partial charge in [-0.2, -0.15) is 0 Å². The van der Waals surface area contributed by atoms with Gasteiger partial charge in [0.1, 0.15) is 0 Å². The molecule has 6 heteroatoms. The lowest BCUT2D eigenvalue weighted by Crippen LogP contribution is -2.04. The van der Waals surface area contributed by atoms with Crippen LogP contribution in [-0.4, -0.2) is 36.1 Å². The summed E-state index contributed by atoms with van der Waals surface area (Å²) in [7, 11) is 0. The molecule has 0 radical (unpaired) electrons. The standard InChI is InChI=1S/C22H36N6/c23-11-5-1-3-7-13-25-19-9-15-27-21(17-19)22-18-20(10-16-28-22)26-14-8-4-2-6-12-24/h9-10,15-18H,1-8,11-14,23-24H2,(H,25,27)(H,26,28). The summed E-state index contributed by atoms with van der Waals surface area (Å²) in [5.74, 6) is 0. The van der Waals surface area contributed by atoms with E-state index in [1.807, 2.05) is 24.5 Å². The molecule has 0 aliphatic rings. The average Bonchev–Trinajstić information content (AvgIpc) is 2.73. The van der Waals surface area contributed by atoms with Crippen molar-refractivity contribution in [3.05, 3.63) is 36.7 Å². The van der Waals surface area contributed by atoms with E-state index in [9.17, 15) is 0 Å². The van der Waals surface area contributed by atoms with Crippen LogP contribution in [0.15, 0.2) is 36.7 Å². The zero-order valence-electron chi connectivity index (χ0n) is 17.0. The molecule has 2 aromatic rings. The van der Waals surface area contributed by atoms with E-state index in [2.05, 4.69) is 32.7 Å². The number of hydrogen-bond acceptors (Lipinski definition) is 6. The van der Waals surface area contributed by atoms with E-state index < -0.39 is 0 Å². The van der Waals surface area contributed by atoms with Crippen molar-refractivity contribution in [2.45, 2.75) is 51.4 Å². The Kier molecular flexibility index (Phi) is 11.0. The molecular formula is C22H36N6. The normalized spacial score (nSPS) is 10.8. The Morgan fingerprint density at radius 1 is 0.607 bits per heavy atom. The van der Waals surface area contributed by atoms with Gasteiger partial charge in [-0.05, 0) is 63.0 Å². The third-order valence-electron chi connectivity index (χ3n) is 4.70. The van der Waals surface area contributed by atoms with Crippen molar-refractivity contribution in [1.82, 2.24) is 9.97 Å². The molecule has 0 aromatic carbocycles. The molecule has 0 saturated carbocycles. The van der Waals surface area contributed by atoms with Gasteiger partial charge in [0, 0.05) is 36.9 Å². The van der Waals surface area contributed by atoms with Crippen molar-refractivity contribution >= 4 is 11.4 Å². The van der Waals surface area contributed by atoms with Crippen molar-refractivity contribution in [3.8, 4) is 11.4 Å². The fourth-order valence-corrected chi connectivity index (χ4v) is 3.07. The third kappa shape index (κ3) is 8.67. The predicted molar refractivity (Wildman–Crippen MR) is 119 cm³/mol. The van der Waals surface area contributed by atoms with E-state index in [-0.39, 0.29) is 0 Å². The summed E-state index contributed by atoms with van der Waals surface area (Å²) in [5.41, 5.74) is 15.0. The minimum atomic E-state index is 0.788. The van der Waals surface area contributed by atoms with E-state index in [0.29, 0.717) is 0 Å². The number of unbranched alkanes of at least 4 members (excludes halogenated alkanes) is 6. The number of nitrogens with zero attached hydrogens (tertiary/aromatic N) is 2. The molecule has 6 nitrogen and oxygen atoms in total. The number of pyridine rings is 2. The zero-order valence-corrected chi connectivity index (χ0v) is 17.0. The monoisotopic (exact) mass is 384 g/mol. The second-order valence-electron chi connectivity index (χ2n) is 7.12. The van der Waals surface area contributed by atoms with Crippen LogP contribution < -0.4 is 22.1 Å². The van der Waals surface area contributed by atoms with Gasteiger partial charge >= 0.3 is 0 Å². The second-order valence-corrected chi connectivity index (χ2v) is 7.12. The van der Waals surface area contributed by atoms with Gasteiger partial charge in [0.15, 0.2) is 0 Å². The summed E-state index contributed by atoms with van der Waals surface area (Å²) < 4.78 is 0. The van der Waals surface area contributed by atoms with Gasteiger partial charge in [0.2, 0.25) is 0 Å². The fourth-order valence-electron chi connectivity index (χ4n) is 3.07. The lowest BCUT2D eigenvalue weighted by Gasteiger charge is -2.10. The minimum absolute atomic E-state index is 0.788. The maximum atomic E-state index is 5.53. The molecule has 0 bridgehead atoms. The molecule has 2 aromatic heterocycles. The lowest BCUT2D eigenvalue weighted by molar-refractivity contribution is 0.661. The summed E-state index contributed by atoms with van der Waals surface area (Å²) in [6.07, 6.45) is 13.0. The quantitative estimate of drug-likeness (QED) is 0.346. The highest BCUT2D eigenvalue weighted by Crippen LogP contribution is 2.21. The zero-order chi connectivity index (χ0) is 19.9. The smallest absolute Gasteiger partial charge is 0.0907 e. The van der Waals surface area contributed by atoms with E-state index in [0.717, 1.165) is 74.6 Å². The van der Waals surface area contributed by atoms with Gasteiger partial charge < -0.3 is 22.1 Å². The van der Waals surface area contributed by atoms with Crippen LogP contribution in [0.5, 0.6) is 0 Å². The molecule has 0 atom stereocenters. The van der Waals surface area contributed by atoms with Crippen molar-refractivity contribution < 1.29 is 0 Å². The van der Waals surface area contributed by atoms with Crippen LogP contribution in [0.4, 0.5) is 11.4 Å². The Morgan fingerprint density at radius 3 is 1.46 bits per heavy atom. The van der Waals surface area contributed by atoms with Crippen LogP contribution in [-0.2, 0) is 0 Å². The number of nitrogens with two attached hydrogens (primary N) is 2. The first-order valence-electron chi connectivity index (χ1n) is 10.6.